The minimum absolute atomic E-state index is 0.173. The highest BCUT2D eigenvalue weighted by molar-refractivity contribution is 7.89. The average molecular weight is 417 g/mol. The van der Waals surface area contributed by atoms with Gasteiger partial charge >= 0.3 is 0 Å². The fraction of sp³-hybridized carbons (Fsp3) is 0.190. The van der Waals surface area contributed by atoms with Gasteiger partial charge in [0.15, 0.2) is 0 Å². The molecule has 3 aromatic carbocycles. The van der Waals surface area contributed by atoms with Gasteiger partial charge in [0.25, 0.3) is 0 Å². The normalized spacial score (nSPS) is 11.7. The summed E-state index contributed by atoms with van der Waals surface area (Å²) in [5.41, 5.74) is 0.776. The van der Waals surface area contributed by atoms with Crippen molar-refractivity contribution in [2.45, 2.75) is 18.4 Å². The lowest BCUT2D eigenvalue weighted by atomic mass is 10.1. The fourth-order valence-corrected chi connectivity index (χ4v) is 4.54. The van der Waals surface area contributed by atoms with Crippen LogP contribution in [0.5, 0.6) is 0 Å². The molecule has 0 unspecified atom stereocenters. The molecule has 5 nitrogen and oxygen atoms in total. The van der Waals surface area contributed by atoms with E-state index in [9.17, 15) is 13.2 Å². The van der Waals surface area contributed by atoms with Crippen molar-refractivity contribution >= 4 is 38.3 Å². The van der Waals surface area contributed by atoms with Crippen molar-refractivity contribution in [2.75, 3.05) is 13.1 Å². The van der Waals surface area contributed by atoms with Crippen LogP contribution in [0.1, 0.15) is 12.5 Å². The molecule has 7 heteroatoms. The maximum Gasteiger partial charge on any atom is 0.243 e. The highest BCUT2D eigenvalue weighted by Crippen LogP contribution is 2.22. The molecule has 0 bridgehead atoms. The van der Waals surface area contributed by atoms with E-state index in [1.165, 1.54) is 4.31 Å². The van der Waals surface area contributed by atoms with Gasteiger partial charge in [-0.3, -0.25) is 4.79 Å². The van der Waals surface area contributed by atoms with Crippen LogP contribution in [0.25, 0.3) is 10.8 Å². The molecule has 0 aliphatic heterocycles. The Balaban J connectivity index is 1.73. The summed E-state index contributed by atoms with van der Waals surface area (Å²) in [6.07, 6.45) is 0. The van der Waals surface area contributed by atoms with Gasteiger partial charge in [0, 0.05) is 18.1 Å². The van der Waals surface area contributed by atoms with Crippen LogP contribution in [0.15, 0.2) is 71.6 Å². The third-order valence-electron chi connectivity index (χ3n) is 4.47. The Kier molecular flexibility index (Phi) is 6.34. The number of hydrogen-bond acceptors (Lipinski definition) is 3. The quantitative estimate of drug-likeness (QED) is 0.636. The number of carbonyl (C=O) groups is 1. The molecule has 0 fully saturated rings. The number of benzene rings is 3. The third kappa shape index (κ3) is 4.52. The molecule has 28 heavy (non-hydrogen) atoms. The Bertz CT molecular complexity index is 1100. The van der Waals surface area contributed by atoms with E-state index in [0.29, 0.717) is 5.02 Å². The predicted molar refractivity (Wildman–Crippen MR) is 112 cm³/mol. The van der Waals surface area contributed by atoms with Crippen LogP contribution in [-0.4, -0.2) is 31.7 Å². The van der Waals surface area contributed by atoms with Crippen molar-refractivity contribution in [1.29, 1.82) is 0 Å². The van der Waals surface area contributed by atoms with E-state index in [4.69, 9.17) is 11.6 Å². The van der Waals surface area contributed by atoms with E-state index in [1.54, 1.807) is 31.2 Å². The van der Waals surface area contributed by atoms with Crippen molar-refractivity contribution in [3.8, 4) is 0 Å². The van der Waals surface area contributed by atoms with E-state index in [-0.39, 0.29) is 30.4 Å². The topological polar surface area (TPSA) is 66.5 Å². The second-order valence-electron chi connectivity index (χ2n) is 6.31. The molecule has 3 rings (SSSR count). The van der Waals surface area contributed by atoms with E-state index < -0.39 is 10.0 Å². The van der Waals surface area contributed by atoms with Crippen molar-refractivity contribution in [2.24, 2.45) is 0 Å². The zero-order chi connectivity index (χ0) is 20.1. The molecule has 1 N–H and O–H groups in total. The largest absolute Gasteiger partial charge is 0.351 e. The first-order valence-corrected chi connectivity index (χ1v) is 10.7. The van der Waals surface area contributed by atoms with Gasteiger partial charge in [-0.05, 0) is 34.5 Å². The zero-order valence-corrected chi connectivity index (χ0v) is 17.0. The van der Waals surface area contributed by atoms with Crippen LogP contribution < -0.4 is 5.32 Å². The van der Waals surface area contributed by atoms with E-state index >= 15 is 0 Å². The summed E-state index contributed by atoms with van der Waals surface area (Å²) in [5, 5.41) is 5.08. The van der Waals surface area contributed by atoms with Crippen LogP contribution >= 0.6 is 11.6 Å². The summed E-state index contributed by atoms with van der Waals surface area (Å²) < 4.78 is 27.2. The second-order valence-corrected chi connectivity index (χ2v) is 8.65. The molecule has 0 atom stereocenters. The maximum absolute atomic E-state index is 13.0. The van der Waals surface area contributed by atoms with Crippen LogP contribution in [0.2, 0.25) is 5.02 Å². The summed E-state index contributed by atoms with van der Waals surface area (Å²) in [4.78, 5) is 12.5. The monoisotopic (exact) mass is 416 g/mol. The summed E-state index contributed by atoms with van der Waals surface area (Å²) in [7, 11) is -3.78. The number of amides is 1. The first-order chi connectivity index (χ1) is 13.4. The summed E-state index contributed by atoms with van der Waals surface area (Å²) in [6.45, 7) is 1.89. The van der Waals surface area contributed by atoms with Gasteiger partial charge in [0.05, 0.1) is 11.4 Å². The molecule has 0 aromatic heterocycles. The van der Waals surface area contributed by atoms with Crippen molar-refractivity contribution < 1.29 is 13.2 Å². The Morgan fingerprint density at radius 3 is 2.39 bits per heavy atom. The number of hydrogen-bond donors (Lipinski definition) is 1. The first kappa shape index (κ1) is 20.3. The minimum Gasteiger partial charge on any atom is -0.351 e. The number of nitrogens with one attached hydrogen (secondary N) is 1. The Morgan fingerprint density at radius 2 is 1.68 bits per heavy atom. The number of nitrogens with zero attached hydrogens (tertiary/aromatic N) is 1. The zero-order valence-electron chi connectivity index (χ0n) is 15.4. The maximum atomic E-state index is 13.0. The Morgan fingerprint density at radius 1 is 1.00 bits per heavy atom. The number of sulfonamides is 1. The van der Waals surface area contributed by atoms with Gasteiger partial charge in [-0.25, -0.2) is 8.42 Å². The number of likely N-dealkylation sites (N-methyl/N-ethyl adjacent to an activating group) is 1. The summed E-state index contributed by atoms with van der Waals surface area (Å²) in [6, 6.07) is 19.7. The van der Waals surface area contributed by atoms with Gasteiger partial charge in [-0.2, -0.15) is 4.31 Å². The molecule has 0 aliphatic rings. The molecule has 3 aromatic rings. The lowest BCUT2D eigenvalue weighted by Gasteiger charge is -2.20. The van der Waals surface area contributed by atoms with Crippen LogP contribution in [0.4, 0.5) is 0 Å². The minimum atomic E-state index is -3.78. The number of fused-ring (bicyclic) bond motifs is 1. The predicted octanol–water partition coefficient (Wildman–Crippen LogP) is 3.82. The molecule has 0 radical (unpaired) electrons. The van der Waals surface area contributed by atoms with Gasteiger partial charge in [-0.15, -0.1) is 0 Å². The van der Waals surface area contributed by atoms with Crippen molar-refractivity contribution in [1.82, 2.24) is 9.62 Å². The molecule has 0 aliphatic carbocycles. The van der Waals surface area contributed by atoms with E-state index in [1.807, 2.05) is 42.5 Å². The molecular weight excluding hydrogens is 396 g/mol. The molecule has 146 valence electrons. The number of rotatable bonds is 7. The molecule has 0 spiro atoms. The highest BCUT2D eigenvalue weighted by atomic mass is 35.5. The molecule has 0 saturated carbocycles. The average Bonchev–Trinajstić information content (AvgIpc) is 2.70. The highest BCUT2D eigenvalue weighted by Gasteiger charge is 2.25. The summed E-state index contributed by atoms with van der Waals surface area (Å²) >= 11 is 6.08. The molecule has 0 saturated heterocycles. The first-order valence-electron chi connectivity index (χ1n) is 8.91. The fourth-order valence-electron chi connectivity index (χ4n) is 2.90. The summed E-state index contributed by atoms with van der Waals surface area (Å²) in [5.74, 6) is -0.383. The lowest BCUT2D eigenvalue weighted by molar-refractivity contribution is -0.121. The number of carbonyl (C=O) groups excluding carboxylic acids is 1. The standard InChI is InChI=1S/C21H21ClN2O3S/c1-2-24(15-21(25)23-14-18-9-5-6-10-20(18)22)28(26,27)19-12-11-16-7-3-4-8-17(16)13-19/h3-13H,2,14-15H2,1H3,(H,23,25). The van der Waals surface area contributed by atoms with Gasteiger partial charge < -0.3 is 5.32 Å². The van der Waals surface area contributed by atoms with Crippen molar-refractivity contribution in [3.63, 3.8) is 0 Å². The van der Waals surface area contributed by atoms with Crippen molar-refractivity contribution in [3.05, 3.63) is 77.3 Å². The lowest BCUT2D eigenvalue weighted by Crippen LogP contribution is -2.40. The molecule has 0 heterocycles. The SMILES string of the molecule is CCN(CC(=O)NCc1ccccc1Cl)S(=O)(=O)c1ccc2ccccc2c1. The number of halogens is 1. The van der Waals surface area contributed by atoms with Gasteiger partial charge in [-0.1, -0.05) is 67.1 Å². The second kappa shape index (κ2) is 8.73. The Labute approximate surface area is 170 Å². The van der Waals surface area contributed by atoms with Gasteiger partial charge in [0.2, 0.25) is 15.9 Å². The Hall–Kier alpha value is -2.41. The molecular formula is C21H21ClN2O3S. The van der Waals surface area contributed by atoms with Crippen LogP contribution in [0.3, 0.4) is 0 Å². The van der Waals surface area contributed by atoms with E-state index in [2.05, 4.69) is 5.32 Å². The smallest absolute Gasteiger partial charge is 0.243 e. The van der Waals surface area contributed by atoms with Crippen LogP contribution in [0, 0.1) is 0 Å². The van der Waals surface area contributed by atoms with E-state index in [0.717, 1.165) is 16.3 Å². The van der Waals surface area contributed by atoms with Crippen LogP contribution in [-0.2, 0) is 21.4 Å². The van der Waals surface area contributed by atoms with Gasteiger partial charge in [0.1, 0.15) is 0 Å². The third-order valence-corrected chi connectivity index (χ3v) is 6.75. The molecule has 1 amide bonds.